The predicted molar refractivity (Wildman–Crippen MR) is 75.3 cm³/mol. The molecule has 0 aliphatic carbocycles. The molecule has 1 N–H and O–H groups in total. The normalized spacial score (nSPS) is 16.6. The molecule has 2 aromatic rings. The summed E-state index contributed by atoms with van der Waals surface area (Å²) in [5, 5.41) is 3.34. The van der Waals surface area contributed by atoms with E-state index in [1.165, 1.54) is 25.0 Å². The number of fused-ring (bicyclic) bond motifs is 1. The smallest absolute Gasteiger partial charge is 0.260 e. The fourth-order valence-electron chi connectivity index (χ4n) is 2.81. The van der Waals surface area contributed by atoms with Crippen molar-refractivity contribution in [2.45, 2.75) is 25.7 Å². The second-order valence-electron chi connectivity index (χ2n) is 5.36. The Labute approximate surface area is 116 Å². The number of pyridine rings is 1. The number of halogens is 1. The Kier molecular flexibility index (Phi) is 3.78. The van der Waals surface area contributed by atoms with Crippen LogP contribution in [0, 0.1) is 11.9 Å². The third kappa shape index (κ3) is 2.72. The third-order valence-corrected chi connectivity index (χ3v) is 3.96. The molecule has 3 rings (SSSR count). The number of nitrogens with one attached hydrogen (secondary N) is 1. The molecular formula is C15H18FN3O. The van der Waals surface area contributed by atoms with Crippen molar-refractivity contribution in [3.05, 3.63) is 46.3 Å². The van der Waals surface area contributed by atoms with Crippen molar-refractivity contribution in [3.8, 4) is 0 Å². The van der Waals surface area contributed by atoms with Crippen LogP contribution in [0.1, 0.15) is 25.0 Å². The zero-order valence-corrected chi connectivity index (χ0v) is 11.3. The molecule has 1 aliphatic heterocycles. The summed E-state index contributed by atoms with van der Waals surface area (Å²) in [5.74, 6) is 0.133. The molecule has 0 radical (unpaired) electrons. The highest BCUT2D eigenvalue weighted by Gasteiger charge is 2.13. The van der Waals surface area contributed by atoms with Gasteiger partial charge in [0.2, 0.25) is 5.95 Å². The van der Waals surface area contributed by atoms with Gasteiger partial charge in [0.05, 0.1) is 0 Å². The van der Waals surface area contributed by atoms with Crippen LogP contribution >= 0.6 is 0 Å². The number of aryl methyl sites for hydroxylation is 1. The minimum atomic E-state index is -0.565. The molecule has 106 valence electrons. The van der Waals surface area contributed by atoms with Crippen LogP contribution in [0.15, 0.2) is 29.1 Å². The summed E-state index contributed by atoms with van der Waals surface area (Å²) in [6, 6.07) is 5.97. The summed E-state index contributed by atoms with van der Waals surface area (Å²) in [6.45, 7) is 2.15. The van der Waals surface area contributed by atoms with Gasteiger partial charge in [-0.25, -0.2) is 9.38 Å². The molecule has 4 nitrogen and oxygen atoms in total. The fraction of sp³-hybridized carbons (Fsp3) is 0.467. The maximum atomic E-state index is 13.6. The van der Waals surface area contributed by atoms with Gasteiger partial charge in [-0.05, 0) is 56.8 Å². The van der Waals surface area contributed by atoms with Gasteiger partial charge in [-0.1, -0.05) is 6.07 Å². The first-order valence-electron chi connectivity index (χ1n) is 7.12. The quantitative estimate of drug-likeness (QED) is 0.868. The van der Waals surface area contributed by atoms with Crippen LogP contribution in [-0.2, 0) is 6.42 Å². The van der Waals surface area contributed by atoms with Crippen molar-refractivity contribution in [3.63, 3.8) is 0 Å². The van der Waals surface area contributed by atoms with E-state index in [9.17, 15) is 9.18 Å². The molecule has 1 aliphatic rings. The summed E-state index contributed by atoms with van der Waals surface area (Å²) < 4.78 is 14.6. The van der Waals surface area contributed by atoms with E-state index >= 15 is 0 Å². The van der Waals surface area contributed by atoms with Crippen molar-refractivity contribution in [1.82, 2.24) is 14.7 Å². The Balaban J connectivity index is 1.80. The SMILES string of the molecule is O=c1cc(CCC2CCNCC2)nc2cccc(F)n12. The highest BCUT2D eigenvalue weighted by Crippen LogP contribution is 2.18. The van der Waals surface area contributed by atoms with Gasteiger partial charge < -0.3 is 5.32 Å². The maximum Gasteiger partial charge on any atom is 0.260 e. The van der Waals surface area contributed by atoms with E-state index in [0.717, 1.165) is 36.0 Å². The van der Waals surface area contributed by atoms with Crippen molar-refractivity contribution >= 4 is 5.65 Å². The van der Waals surface area contributed by atoms with E-state index < -0.39 is 5.95 Å². The molecule has 2 aromatic heterocycles. The lowest BCUT2D eigenvalue weighted by Crippen LogP contribution is -2.28. The van der Waals surface area contributed by atoms with Crippen molar-refractivity contribution in [2.75, 3.05) is 13.1 Å². The molecule has 20 heavy (non-hydrogen) atoms. The van der Waals surface area contributed by atoms with E-state index in [2.05, 4.69) is 10.3 Å². The highest BCUT2D eigenvalue weighted by molar-refractivity contribution is 5.38. The molecule has 0 saturated carbocycles. The van der Waals surface area contributed by atoms with E-state index in [1.807, 2.05) is 0 Å². The molecule has 3 heterocycles. The van der Waals surface area contributed by atoms with Crippen molar-refractivity contribution < 1.29 is 4.39 Å². The Morgan fingerprint density at radius 1 is 1.35 bits per heavy atom. The molecule has 5 heteroatoms. The van der Waals surface area contributed by atoms with Crippen LogP contribution in [0.2, 0.25) is 0 Å². The number of hydrogen-bond donors (Lipinski definition) is 1. The molecule has 1 fully saturated rings. The van der Waals surface area contributed by atoms with Crippen LogP contribution in [0.3, 0.4) is 0 Å². The Morgan fingerprint density at radius 3 is 2.95 bits per heavy atom. The topological polar surface area (TPSA) is 46.4 Å². The van der Waals surface area contributed by atoms with E-state index in [0.29, 0.717) is 11.6 Å². The third-order valence-electron chi connectivity index (χ3n) is 3.96. The van der Waals surface area contributed by atoms with Gasteiger partial charge in [-0.3, -0.25) is 4.79 Å². The Morgan fingerprint density at radius 2 is 2.15 bits per heavy atom. The number of rotatable bonds is 3. The molecule has 0 amide bonds. The monoisotopic (exact) mass is 275 g/mol. The van der Waals surface area contributed by atoms with Gasteiger partial charge in [0.1, 0.15) is 5.65 Å². The second kappa shape index (κ2) is 5.71. The first-order valence-corrected chi connectivity index (χ1v) is 7.12. The maximum absolute atomic E-state index is 13.6. The standard InChI is InChI=1S/C15H18FN3O/c16-13-2-1-3-14-18-12(10-15(20)19(13)14)5-4-11-6-8-17-9-7-11/h1-3,10-11,17H,4-9H2. The van der Waals surface area contributed by atoms with Crippen molar-refractivity contribution in [2.24, 2.45) is 5.92 Å². The van der Waals surface area contributed by atoms with Crippen LogP contribution in [-0.4, -0.2) is 22.5 Å². The minimum absolute atomic E-state index is 0.339. The Bertz CT molecular complexity index is 662. The van der Waals surface area contributed by atoms with Crippen molar-refractivity contribution in [1.29, 1.82) is 0 Å². The zero-order chi connectivity index (χ0) is 13.9. The molecule has 0 unspecified atom stereocenters. The molecule has 1 saturated heterocycles. The molecule has 0 spiro atoms. The van der Waals surface area contributed by atoms with E-state index in [4.69, 9.17) is 0 Å². The van der Waals surface area contributed by atoms with Crippen LogP contribution in [0.4, 0.5) is 4.39 Å². The first-order chi connectivity index (χ1) is 9.74. The number of hydrogen-bond acceptors (Lipinski definition) is 3. The molecular weight excluding hydrogens is 257 g/mol. The van der Waals surface area contributed by atoms with Gasteiger partial charge in [-0.2, -0.15) is 4.39 Å². The number of nitrogens with zero attached hydrogens (tertiary/aromatic N) is 2. The summed E-state index contributed by atoms with van der Waals surface area (Å²) >= 11 is 0. The summed E-state index contributed by atoms with van der Waals surface area (Å²) in [6.07, 6.45) is 4.19. The molecule has 0 bridgehead atoms. The average molecular weight is 275 g/mol. The van der Waals surface area contributed by atoms with Gasteiger partial charge in [0, 0.05) is 11.8 Å². The second-order valence-corrected chi connectivity index (χ2v) is 5.36. The van der Waals surface area contributed by atoms with E-state index in [-0.39, 0.29) is 5.56 Å². The van der Waals surface area contributed by atoms with Crippen LogP contribution < -0.4 is 10.9 Å². The van der Waals surface area contributed by atoms with Gasteiger partial charge in [0.25, 0.3) is 5.56 Å². The predicted octanol–water partition coefficient (Wildman–Crippen LogP) is 1.77. The summed E-state index contributed by atoms with van der Waals surface area (Å²) in [4.78, 5) is 16.3. The van der Waals surface area contributed by atoms with Crippen LogP contribution in [0.5, 0.6) is 0 Å². The Hall–Kier alpha value is -1.75. The zero-order valence-electron chi connectivity index (χ0n) is 11.3. The highest BCUT2D eigenvalue weighted by atomic mass is 19.1. The summed E-state index contributed by atoms with van der Waals surface area (Å²) in [7, 11) is 0. The molecule has 0 atom stereocenters. The largest absolute Gasteiger partial charge is 0.317 e. The van der Waals surface area contributed by atoms with Gasteiger partial charge >= 0.3 is 0 Å². The van der Waals surface area contributed by atoms with E-state index in [1.54, 1.807) is 12.1 Å². The lowest BCUT2D eigenvalue weighted by Gasteiger charge is -2.22. The number of piperidine rings is 1. The molecule has 0 aromatic carbocycles. The lowest BCUT2D eigenvalue weighted by molar-refractivity contribution is 0.353. The number of aromatic nitrogens is 2. The summed E-state index contributed by atoms with van der Waals surface area (Å²) in [5.41, 5.74) is 0.811. The minimum Gasteiger partial charge on any atom is -0.317 e. The fourth-order valence-corrected chi connectivity index (χ4v) is 2.81. The lowest BCUT2D eigenvalue weighted by atomic mass is 9.92. The first kappa shape index (κ1) is 13.2. The van der Waals surface area contributed by atoms with Gasteiger partial charge in [-0.15, -0.1) is 0 Å². The van der Waals surface area contributed by atoms with Gasteiger partial charge in [0.15, 0.2) is 0 Å². The van der Waals surface area contributed by atoms with Crippen LogP contribution in [0.25, 0.3) is 5.65 Å². The average Bonchev–Trinajstić information content (AvgIpc) is 2.46.